The van der Waals surface area contributed by atoms with Crippen LogP contribution in [-0.2, 0) is 0 Å². The molecule has 1 rings (SSSR count). The van der Waals surface area contributed by atoms with Gasteiger partial charge in [-0.1, -0.05) is 27.7 Å². The summed E-state index contributed by atoms with van der Waals surface area (Å²) in [5, 5.41) is 10.1. The second-order valence-electron chi connectivity index (χ2n) is 6.46. The zero-order chi connectivity index (χ0) is 12.1. The van der Waals surface area contributed by atoms with Crippen LogP contribution in [0.15, 0.2) is 0 Å². The van der Waals surface area contributed by atoms with E-state index in [-0.39, 0.29) is 6.10 Å². The van der Waals surface area contributed by atoms with Crippen molar-refractivity contribution in [3.8, 4) is 0 Å². The normalized spacial score (nSPS) is 28.7. The maximum atomic E-state index is 10.1. The van der Waals surface area contributed by atoms with Gasteiger partial charge in [0.15, 0.2) is 0 Å². The predicted molar refractivity (Wildman–Crippen MR) is 70.4 cm³/mol. The average Bonchev–Trinajstić information content (AvgIpc) is 2.26. The van der Waals surface area contributed by atoms with Crippen molar-refractivity contribution in [2.75, 3.05) is 0 Å². The second kappa shape index (κ2) is 6.64. The Balaban J connectivity index is 2.24. The van der Waals surface area contributed by atoms with Gasteiger partial charge in [0.25, 0.3) is 0 Å². The van der Waals surface area contributed by atoms with Gasteiger partial charge in [0.05, 0.1) is 6.10 Å². The minimum atomic E-state index is -0.0319. The summed E-state index contributed by atoms with van der Waals surface area (Å²) in [6.45, 7) is 9.14. The molecule has 0 heterocycles. The number of aliphatic hydroxyl groups excluding tert-OH is 1. The van der Waals surface area contributed by atoms with Crippen LogP contribution < -0.4 is 0 Å². The van der Waals surface area contributed by atoms with Gasteiger partial charge < -0.3 is 5.11 Å². The van der Waals surface area contributed by atoms with E-state index in [1.54, 1.807) is 0 Å². The van der Waals surface area contributed by atoms with Gasteiger partial charge in [-0.25, -0.2) is 0 Å². The molecule has 0 radical (unpaired) electrons. The van der Waals surface area contributed by atoms with Crippen LogP contribution in [0.2, 0.25) is 0 Å². The van der Waals surface area contributed by atoms with Crippen molar-refractivity contribution >= 4 is 0 Å². The van der Waals surface area contributed by atoms with Gasteiger partial charge in [-0.3, -0.25) is 0 Å². The average molecular weight is 226 g/mol. The van der Waals surface area contributed by atoms with Crippen molar-refractivity contribution < 1.29 is 5.11 Å². The summed E-state index contributed by atoms with van der Waals surface area (Å²) in [7, 11) is 0. The van der Waals surface area contributed by atoms with Crippen molar-refractivity contribution in [2.45, 2.75) is 72.3 Å². The van der Waals surface area contributed by atoms with Gasteiger partial charge in [-0.15, -0.1) is 0 Å². The van der Waals surface area contributed by atoms with Gasteiger partial charge in [0.2, 0.25) is 0 Å². The van der Waals surface area contributed by atoms with Gasteiger partial charge in [-0.2, -0.15) is 0 Å². The lowest BCUT2D eigenvalue weighted by Crippen LogP contribution is -2.27. The summed E-state index contributed by atoms with van der Waals surface area (Å²) in [6.07, 6.45) is 7.32. The van der Waals surface area contributed by atoms with Crippen molar-refractivity contribution in [1.29, 1.82) is 0 Å². The van der Waals surface area contributed by atoms with E-state index in [0.717, 1.165) is 24.2 Å². The second-order valence-corrected chi connectivity index (χ2v) is 6.46. The molecule has 1 unspecified atom stereocenters. The Bertz CT molecular complexity index is 178. The SMILES string of the molecule is CC(C)CCC(O)C1CCC(C(C)C)CC1. The van der Waals surface area contributed by atoms with Crippen molar-refractivity contribution in [2.24, 2.45) is 23.7 Å². The third kappa shape index (κ3) is 4.45. The Morgan fingerprint density at radius 3 is 1.81 bits per heavy atom. The molecule has 0 aromatic heterocycles. The molecule has 0 saturated heterocycles. The fourth-order valence-corrected chi connectivity index (χ4v) is 2.94. The number of rotatable bonds is 5. The lowest BCUT2D eigenvalue weighted by atomic mass is 9.74. The summed E-state index contributed by atoms with van der Waals surface area (Å²) >= 11 is 0. The minimum absolute atomic E-state index is 0.0319. The van der Waals surface area contributed by atoms with Gasteiger partial charge in [0, 0.05) is 0 Å². The zero-order valence-electron chi connectivity index (χ0n) is 11.6. The highest BCUT2D eigenvalue weighted by Crippen LogP contribution is 2.35. The van der Waals surface area contributed by atoms with Crippen molar-refractivity contribution in [3.63, 3.8) is 0 Å². The summed E-state index contributed by atoms with van der Waals surface area (Å²) in [5.41, 5.74) is 0. The van der Waals surface area contributed by atoms with Crippen LogP contribution in [0.3, 0.4) is 0 Å². The molecule has 1 saturated carbocycles. The Kier molecular flexibility index (Phi) is 5.82. The molecular weight excluding hydrogens is 196 g/mol. The molecule has 16 heavy (non-hydrogen) atoms. The molecule has 1 N–H and O–H groups in total. The largest absolute Gasteiger partial charge is 0.393 e. The molecule has 1 heteroatoms. The van der Waals surface area contributed by atoms with Crippen LogP contribution in [0.4, 0.5) is 0 Å². The van der Waals surface area contributed by atoms with Crippen LogP contribution in [0, 0.1) is 23.7 Å². The van der Waals surface area contributed by atoms with E-state index in [1.165, 1.54) is 32.1 Å². The zero-order valence-corrected chi connectivity index (χ0v) is 11.6. The minimum Gasteiger partial charge on any atom is -0.393 e. The Labute approximate surface area is 102 Å². The predicted octanol–water partition coefficient (Wildman–Crippen LogP) is 4.25. The standard InChI is InChI=1S/C15H30O/c1-11(2)5-10-15(16)14-8-6-13(7-9-14)12(3)4/h11-16H,5-10H2,1-4H3. The van der Waals surface area contributed by atoms with Crippen LogP contribution >= 0.6 is 0 Å². The highest BCUT2D eigenvalue weighted by molar-refractivity contribution is 4.78. The molecule has 1 aliphatic rings. The summed E-state index contributed by atoms with van der Waals surface area (Å²) in [4.78, 5) is 0. The van der Waals surface area contributed by atoms with E-state index >= 15 is 0 Å². The molecule has 0 spiro atoms. The topological polar surface area (TPSA) is 20.2 Å². The van der Waals surface area contributed by atoms with Gasteiger partial charge in [-0.05, 0) is 62.2 Å². The highest BCUT2D eigenvalue weighted by Gasteiger charge is 2.27. The van der Waals surface area contributed by atoms with Crippen LogP contribution in [0.5, 0.6) is 0 Å². The highest BCUT2D eigenvalue weighted by atomic mass is 16.3. The first-order chi connectivity index (χ1) is 7.50. The summed E-state index contributed by atoms with van der Waals surface area (Å²) in [6, 6.07) is 0. The third-order valence-corrected chi connectivity index (χ3v) is 4.34. The molecule has 0 bridgehead atoms. The van der Waals surface area contributed by atoms with E-state index in [2.05, 4.69) is 27.7 Å². The molecular formula is C15H30O. The maximum Gasteiger partial charge on any atom is 0.0568 e. The number of aliphatic hydroxyl groups is 1. The van der Waals surface area contributed by atoms with E-state index in [9.17, 15) is 5.11 Å². The lowest BCUT2D eigenvalue weighted by molar-refractivity contribution is 0.0568. The van der Waals surface area contributed by atoms with Crippen LogP contribution in [0.1, 0.15) is 66.2 Å². The molecule has 0 aromatic rings. The summed E-state index contributed by atoms with van der Waals surface area (Å²) in [5.74, 6) is 3.05. The molecule has 1 nitrogen and oxygen atoms in total. The third-order valence-electron chi connectivity index (χ3n) is 4.34. The lowest BCUT2D eigenvalue weighted by Gasteiger charge is -2.33. The van der Waals surface area contributed by atoms with E-state index in [0.29, 0.717) is 5.92 Å². The molecule has 0 aliphatic heterocycles. The van der Waals surface area contributed by atoms with Crippen molar-refractivity contribution in [1.82, 2.24) is 0 Å². The van der Waals surface area contributed by atoms with E-state index < -0.39 is 0 Å². The van der Waals surface area contributed by atoms with Crippen LogP contribution in [0.25, 0.3) is 0 Å². The van der Waals surface area contributed by atoms with Gasteiger partial charge >= 0.3 is 0 Å². The fourth-order valence-electron chi connectivity index (χ4n) is 2.94. The monoisotopic (exact) mass is 226 g/mol. The molecule has 1 atom stereocenters. The number of hydrogen-bond donors (Lipinski definition) is 1. The maximum absolute atomic E-state index is 10.1. The van der Waals surface area contributed by atoms with E-state index in [4.69, 9.17) is 0 Å². The smallest absolute Gasteiger partial charge is 0.0568 e. The molecule has 96 valence electrons. The van der Waals surface area contributed by atoms with Crippen molar-refractivity contribution in [3.05, 3.63) is 0 Å². The first kappa shape index (κ1) is 14.0. The number of hydrogen-bond acceptors (Lipinski definition) is 1. The first-order valence-electron chi connectivity index (χ1n) is 7.18. The van der Waals surface area contributed by atoms with Crippen LogP contribution in [-0.4, -0.2) is 11.2 Å². The Morgan fingerprint density at radius 1 is 0.875 bits per heavy atom. The fraction of sp³-hybridized carbons (Fsp3) is 1.00. The molecule has 0 amide bonds. The first-order valence-corrected chi connectivity index (χ1v) is 7.18. The Hall–Kier alpha value is -0.0400. The molecule has 1 fully saturated rings. The molecule has 0 aromatic carbocycles. The summed E-state index contributed by atoms with van der Waals surface area (Å²) < 4.78 is 0. The van der Waals surface area contributed by atoms with Gasteiger partial charge in [0.1, 0.15) is 0 Å². The van der Waals surface area contributed by atoms with E-state index in [1.807, 2.05) is 0 Å². The Morgan fingerprint density at radius 2 is 1.38 bits per heavy atom. The quantitative estimate of drug-likeness (QED) is 0.743. The molecule has 1 aliphatic carbocycles.